The Balaban J connectivity index is 1.98. The molecule has 0 atom stereocenters. The maximum absolute atomic E-state index is 5.99. The van der Waals surface area contributed by atoms with Gasteiger partial charge in [-0.3, -0.25) is 0 Å². The third kappa shape index (κ3) is 4.19. The Bertz CT molecular complexity index is 561. The van der Waals surface area contributed by atoms with E-state index in [9.17, 15) is 0 Å². The highest BCUT2D eigenvalue weighted by molar-refractivity contribution is 7.97. The summed E-state index contributed by atoms with van der Waals surface area (Å²) in [5.74, 6) is 1.88. The molecule has 3 heteroatoms. The smallest absolute Gasteiger partial charge is 0.0410 e. The molecule has 0 aliphatic heterocycles. The summed E-state index contributed by atoms with van der Waals surface area (Å²) in [5.41, 5.74) is 11.9. The van der Waals surface area contributed by atoms with Gasteiger partial charge in [0.05, 0.1) is 0 Å². The Hall–Kier alpha value is -1.12. The molecule has 100 valence electrons. The van der Waals surface area contributed by atoms with Crippen LogP contribution in [-0.4, -0.2) is 0 Å². The number of hydrogen-bond acceptors (Lipinski definition) is 2. The van der Waals surface area contributed by atoms with E-state index >= 15 is 0 Å². The van der Waals surface area contributed by atoms with E-state index in [4.69, 9.17) is 17.3 Å². The fraction of sp³-hybridized carbons (Fsp3) is 0.250. The Labute approximate surface area is 124 Å². The number of nitrogens with two attached hydrogens (primary N) is 1. The van der Waals surface area contributed by atoms with Gasteiger partial charge in [-0.25, -0.2) is 0 Å². The van der Waals surface area contributed by atoms with Gasteiger partial charge in [0.25, 0.3) is 0 Å². The molecule has 0 aliphatic rings. The van der Waals surface area contributed by atoms with Crippen LogP contribution in [0.5, 0.6) is 0 Å². The predicted octanol–water partition coefficient (Wildman–Crippen LogP) is 4.97. The van der Waals surface area contributed by atoms with Crippen LogP contribution in [0.15, 0.2) is 36.4 Å². The van der Waals surface area contributed by atoms with Gasteiger partial charge in [-0.2, -0.15) is 11.8 Å². The van der Waals surface area contributed by atoms with Crippen molar-refractivity contribution in [2.45, 2.75) is 25.4 Å². The van der Waals surface area contributed by atoms with Gasteiger partial charge in [-0.05, 0) is 43.2 Å². The lowest BCUT2D eigenvalue weighted by Gasteiger charge is -2.07. The zero-order valence-electron chi connectivity index (χ0n) is 11.2. The minimum atomic E-state index is 0.746. The molecule has 0 radical (unpaired) electrons. The lowest BCUT2D eigenvalue weighted by molar-refractivity contribution is 1.29. The molecule has 2 aromatic carbocycles. The van der Waals surface area contributed by atoms with Gasteiger partial charge in [0, 0.05) is 22.2 Å². The number of rotatable bonds is 4. The SMILES string of the molecule is Cc1cc(C)cc(CSCc2cc(Cl)ccc2N)c1. The molecule has 0 spiro atoms. The zero-order valence-corrected chi connectivity index (χ0v) is 12.8. The summed E-state index contributed by atoms with van der Waals surface area (Å²) in [6.07, 6.45) is 0. The van der Waals surface area contributed by atoms with E-state index in [2.05, 4.69) is 32.0 Å². The largest absolute Gasteiger partial charge is 0.398 e. The molecule has 0 bridgehead atoms. The van der Waals surface area contributed by atoms with Crippen LogP contribution in [-0.2, 0) is 11.5 Å². The number of aryl methyl sites for hydroxylation is 2. The fourth-order valence-electron chi connectivity index (χ4n) is 2.13. The van der Waals surface area contributed by atoms with Crippen LogP contribution in [0.1, 0.15) is 22.3 Å². The highest BCUT2D eigenvalue weighted by Crippen LogP contribution is 2.25. The van der Waals surface area contributed by atoms with Crippen LogP contribution in [0.25, 0.3) is 0 Å². The van der Waals surface area contributed by atoms with Gasteiger partial charge in [0.15, 0.2) is 0 Å². The maximum Gasteiger partial charge on any atom is 0.0410 e. The van der Waals surface area contributed by atoms with Crippen LogP contribution in [0.2, 0.25) is 5.02 Å². The predicted molar refractivity (Wildman–Crippen MR) is 86.8 cm³/mol. The van der Waals surface area contributed by atoms with Gasteiger partial charge >= 0.3 is 0 Å². The van der Waals surface area contributed by atoms with Crippen molar-refractivity contribution < 1.29 is 0 Å². The molecule has 2 aromatic rings. The quantitative estimate of drug-likeness (QED) is 0.805. The van der Waals surface area contributed by atoms with E-state index in [0.717, 1.165) is 27.8 Å². The van der Waals surface area contributed by atoms with E-state index < -0.39 is 0 Å². The highest BCUT2D eigenvalue weighted by Gasteiger charge is 2.02. The molecule has 0 heterocycles. The minimum absolute atomic E-state index is 0.746. The van der Waals surface area contributed by atoms with Crippen molar-refractivity contribution in [1.82, 2.24) is 0 Å². The summed E-state index contributed by atoms with van der Waals surface area (Å²) >= 11 is 7.85. The van der Waals surface area contributed by atoms with E-state index in [1.165, 1.54) is 16.7 Å². The molecule has 0 aliphatic carbocycles. The Morgan fingerprint density at radius 2 is 1.68 bits per heavy atom. The fourth-order valence-corrected chi connectivity index (χ4v) is 3.30. The normalized spacial score (nSPS) is 10.7. The van der Waals surface area contributed by atoms with Gasteiger partial charge in [0.2, 0.25) is 0 Å². The van der Waals surface area contributed by atoms with Crippen LogP contribution in [0.4, 0.5) is 5.69 Å². The second-order valence-electron chi connectivity index (χ2n) is 4.83. The van der Waals surface area contributed by atoms with E-state index in [-0.39, 0.29) is 0 Å². The molecule has 0 amide bonds. The number of halogens is 1. The van der Waals surface area contributed by atoms with Crippen molar-refractivity contribution in [1.29, 1.82) is 0 Å². The lowest BCUT2D eigenvalue weighted by atomic mass is 10.1. The number of hydrogen-bond donors (Lipinski definition) is 1. The van der Waals surface area contributed by atoms with E-state index in [1.54, 1.807) is 0 Å². The molecule has 0 fully saturated rings. The van der Waals surface area contributed by atoms with Crippen molar-refractivity contribution in [2.75, 3.05) is 5.73 Å². The van der Waals surface area contributed by atoms with Gasteiger partial charge < -0.3 is 5.73 Å². The second kappa shape index (κ2) is 6.36. The average molecular weight is 292 g/mol. The molecule has 0 saturated carbocycles. The van der Waals surface area contributed by atoms with Crippen LogP contribution < -0.4 is 5.73 Å². The standard InChI is InChI=1S/C16H18ClNS/c1-11-5-12(2)7-13(6-11)9-19-10-14-8-15(17)3-4-16(14)18/h3-8H,9-10,18H2,1-2H3. The van der Waals surface area contributed by atoms with Crippen molar-refractivity contribution >= 4 is 29.1 Å². The van der Waals surface area contributed by atoms with Crippen molar-refractivity contribution in [3.8, 4) is 0 Å². The van der Waals surface area contributed by atoms with Crippen LogP contribution in [0, 0.1) is 13.8 Å². The van der Waals surface area contributed by atoms with E-state index in [0.29, 0.717) is 0 Å². The third-order valence-corrected chi connectivity index (χ3v) is 4.20. The molecular weight excluding hydrogens is 274 g/mol. The first-order valence-electron chi connectivity index (χ1n) is 6.23. The summed E-state index contributed by atoms with van der Waals surface area (Å²) < 4.78 is 0. The summed E-state index contributed by atoms with van der Waals surface area (Å²) in [4.78, 5) is 0. The molecular formula is C16H18ClNS. The third-order valence-electron chi connectivity index (χ3n) is 2.91. The highest BCUT2D eigenvalue weighted by atomic mass is 35.5. The van der Waals surface area contributed by atoms with E-state index in [1.807, 2.05) is 30.0 Å². The molecule has 0 unspecified atom stereocenters. The monoisotopic (exact) mass is 291 g/mol. The van der Waals surface area contributed by atoms with Crippen molar-refractivity contribution in [3.05, 3.63) is 63.7 Å². The zero-order chi connectivity index (χ0) is 13.8. The van der Waals surface area contributed by atoms with Gasteiger partial charge in [-0.15, -0.1) is 0 Å². The second-order valence-corrected chi connectivity index (χ2v) is 6.25. The molecule has 1 nitrogen and oxygen atoms in total. The number of thioether (sulfide) groups is 1. The summed E-state index contributed by atoms with van der Waals surface area (Å²) in [6.45, 7) is 4.27. The van der Waals surface area contributed by atoms with Crippen LogP contribution >= 0.6 is 23.4 Å². The topological polar surface area (TPSA) is 26.0 Å². The Morgan fingerprint density at radius 3 is 2.37 bits per heavy atom. The molecule has 2 N–H and O–H groups in total. The Kier molecular flexibility index (Phi) is 4.78. The number of benzene rings is 2. The molecule has 0 aromatic heterocycles. The lowest BCUT2D eigenvalue weighted by Crippen LogP contribution is -1.93. The number of anilines is 1. The Morgan fingerprint density at radius 1 is 1.00 bits per heavy atom. The van der Waals surface area contributed by atoms with Crippen molar-refractivity contribution in [2.24, 2.45) is 0 Å². The maximum atomic E-state index is 5.99. The van der Waals surface area contributed by atoms with Gasteiger partial charge in [0.1, 0.15) is 0 Å². The molecule has 0 saturated heterocycles. The van der Waals surface area contributed by atoms with Crippen molar-refractivity contribution in [3.63, 3.8) is 0 Å². The first kappa shape index (κ1) is 14.3. The first-order chi connectivity index (χ1) is 9.04. The average Bonchev–Trinajstić information content (AvgIpc) is 2.32. The summed E-state index contributed by atoms with van der Waals surface area (Å²) in [6, 6.07) is 12.3. The number of nitrogen functional groups attached to an aromatic ring is 1. The summed E-state index contributed by atoms with van der Waals surface area (Å²) in [5, 5.41) is 0.746. The first-order valence-corrected chi connectivity index (χ1v) is 7.76. The van der Waals surface area contributed by atoms with Crippen LogP contribution in [0.3, 0.4) is 0 Å². The minimum Gasteiger partial charge on any atom is -0.398 e. The van der Waals surface area contributed by atoms with Gasteiger partial charge in [-0.1, -0.05) is 40.9 Å². The molecule has 19 heavy (non-hydrogen) atoms. The molecule has 2 rings (SSSR count). The summed E-state index contributed by atoms with van der Waals surface area (Å²) in [7, 11) is 0.